The van der Waals surface area contributed by atoms with E-state index in [9.17, 15) is 13.2 Å². The van der Waals surface area contributed by atoms with Crippen molar-refractivity contribution in [3.63, 3.8) is 0 Å². The summed E-state index contributed by atoms with van der Waals surface area (Å²) in [4.78, 5) is 12.8. The molecule has 0 atom stereocenters. The molecule has 0 saturated heterocycles. The van der Waals surface area contributed by atoms with E-state index < -0.39 is 10.0 Å². The Kier molecular flexibility index (Phi) is 8.05. The summed E-state index contributed by atoms with van der Waals surface area (Å²) in [6.45, 7) is 1.82. The van der Waals surface area contributed by atoms with Gasteiger partial charge in [0.2, 0.25) is 0 Å². The number of halogens is 1. The van der Waals surface area contributed by atoms with Crippen LogP contribution >= 0.6 is 11.6 Å². The highest BCUT2D eigenvalue weighted by atomic mass is 35.5. The lowest BCUT2D eigenvalue weighted by molar-refractivity contribution is -0.118. The molecule has 8 heteroatoms. The van der Waals surface area contributed by atoms with E-state index in [4.69, 9.17) is 16.3 Å². The summed E-state index contributed by atoms with van der Waals surface area (Å²) in [5, 5.41) is 5.44. The second-order valence-electron chi connectivity index (χ2n) is 9.31. The summed E-state index contributed by atoms with van der Waals surface area (Å²) < 4.78 is 34.4. The number of fused-ring (bicyclic) bond motifs is 1. The molecule has 1 N–H and O–H groups in total. The SMILES string of the molecule is Cc1ccc(S(=O)(=O)N(Cc2ccc(Cl)cc2)c2ccc(OCC(=O)Nc3cccc4ccccc34)cc2)cc1. The number of hydrogen-bond acceptors (Lipinski definition) is 4. The molecule has 0 bridgehead atoms. The van der Waals surface area contributed by atoms with E-state index in [2.05, 4.69) is 5.32 Å². The maximum Gasteiger partial charge on any atom is 0.264 e. The molecule has 6 nitrogen and oxygen atoms in total. The van der Waals surface area contributed by atoms with Crippen LogP contribution in [0.2, 0.25) is 5.02 Å². The van der Waals surface area contributed by atoms with E-state index in [0.717, 1.165) is 21.9 Å². The average Bonchev–Trinajstić information content (AvgIpc) is 2.96. The first-order chi connectivity index (χ1) is 19.3. The van der Waals surface area contributed by atoms with Gasteiger partial charge in [0.25, 0.3) is 15.9 Å². The molecule has 0 fully saturated rings. The van der Waals surface area contributed by atoms with Gasteiger partial charge in [-0.05, 0) is 72.5 Å². The number of nitrogens with one attached hydrogen (secondary N) is 1. The van der Waals surface area contributed by atoms with E-state index in [1.807, 2.05) is 49.4 Å². The van der Waals surface area contributed by atoms with Crippen molar-refractivity contribution in [2.45, 2.75) is 18.4 Å². The van der Waals surface area contributed by atoms with Crippen molar-refractivity contribution in [3.05, 3.63) is 131 Å². The lowest BCUT2D eigenvalue weighted by Crippen LogP contribution is -2.30. The fraction of sp³-hybridized carbons (Fsp3) is 0.0938. The van der Waals surface area contributed by atoms with Crippen LogP contribution in [0.15, 0.2) is 120 Å². The number of sulfonamides is 1. The number of carbonyl (C=O) groups is 1. The molecule has 5 aromatic carbocycles. The number of hydrogen-bond donors (Lipinski definition) is 1. The van der Waals surface area contributed by atoms with Crippen LogP contribution in [-0.4, -0.2) is 20.9 Å². The summed E-state index contributed by atoms with van der Waals surface area (Å²) in [7, 11) is -3.87. The summed E-state index contributed by atoms with van der Waals surface area (Å²) in [5.74, 6) is 0.141. The van der Waals surface area contributed by atoms with Crippen LogP contribution < -0.4 is 14.4 Å². The third-order valence-electron chi connectivity index (χ3n) is 6.41. The normalized spacial score (nSPS) is 11.2. The molecule has 40 heavy (non-hydrogen) atoms. The van der Waals surface area contributed by atoms with E-state index >= 15 is 0 Å². The maximum absolute atomic E-state index is 13.7. The molecule has 5 aromatic rings. The van der Waals surface area contributed by atoms with Gasteiger partial charge in [-0.2, -0.15) is 0 Å². The van der Waals surface area contributed by atoms with Crippen molar-refractivity contribution < 1.29 is 17.9 Å². The van der Waals surface area contributed by atoms with Crippen LogP contribution in [0.25, 0.3) is 10.8 Å². The summed E-state index contributed by atoms with van der Waals surface area (Å²) in [5.41, 5.74) is 2.92. The molecule has 0 saturated carbocycles. The molecule has 0 spiro atoms. The van der Waals surface area contributed by atoms with Gasteiger partial charge in [-0.3, -0.25) is 9.10 Å². The number of ether oxygens (including phenoxy) is 1. The first kappa shape index (κ1) is 27.2. The molecular formula is C32H27ClN2O4S. The summed E-state index contributed by atoms with van der Waals surface area (Å²) in [6, 6.07) is 34.0. The first-order valence-electron chi connectivity index (χ1n) is 12.6. The van der Waals surface area contributed by atoms with Crippen molar-refractivity contribution in [1.29, 1.82) is 0 Å². The number of amides is 1. The van der Waals surface area contributed by atoms with Gasteiger partial charge < -0.3 is 10.1 Å². The lowest BCUT2D eigenvalue weighted by Gasteiger charge is -2.25. The zero-order valence-electron chi connectivity index (χ0n) is 21.8. The molecule has 202 valence electrons. The van der Waals surface area contributed by atoms with Crippen LogP contribution in [-0.2, 0) is 21.4 Å². The Labute approximate surface area is 238 Å². The average molecular weight is 571 g/mol. The molecule has 1 amide bonds. The molecule has 0 aliphatic rings. The second kappa shape index (κ2) is 11.8. The molecule has 0 aliphatic heterocycles. The zero-order valence-corrected chi connectivity index (χ0v) is 23.3. The van der Waals surface area contributed by atoms with Crippen molar-refractivity contribution in [1.82, 2.24) is 0 Å². The monoisotopic (exact) mass is 570 g/mol. The first-order valence-corrected chi connectivity index (χ1v) is 14.5. The number of benzene rings is 5. The van der Waals surface area contributed by atoms with Gasteiger partial charge in [-0.1, -0.05) is 77.8 Å². The molecule has 0 aromatic heterocycles. The highest BCUT2D eigenvalue weighted by Crippen LogP contribution is 2.29. The van der Waals surface area contributed by atoms with Gasteiger partial charge in [-0.25, -0.2) is 8.42 Å². The Morgan fingerprint density at radius 3 is 2.23 bits per heavy atom. The number of nitrogens with zero attached hydrogens (tertiary/aromatic N) is 1. The van der Waals surface area contributed by atoms with Crippen LogP contribution in [0.4, 0.5) is 11.4 Å². The number of aryl methyl sites for hydroxylation is 1. The van der Waals surface area contributed by atoms with Gasteiger partial charge in [-0.15, -0.1) is 0 Å². The van der Waals surface area contributed by atoms with Crippen molar-refractivity contribution in [3.8, 4) is 5.75 Å². The van der Waals surface area contributed by atoms with Crippen molar-refractivity contribution >= 4 is 49.7 Å². The maximum atomic E-state index is 13.7. The molecule has 5 rings (SSSR count). The molecule has 0 radical (unpaired) electrons. The Morgan fingerprint density at radius 2 is 1.50 bits per heavy atom. The molecule has 0 aliphatic carbocycles. The number of anilines is 2. The fourth-order valence-electron chi connectivity index (χ4n) is 4.29. The predicted octanol–water partition coefficient (Wildman–Crippen LogP) is 7.21. The van der Waals surface area contributed by atoms with Crippen LogP contribution in [0.5, 0.6) is 5.75 Å². The summed E-state index contributed by atoms with van der Waals surface area (Å²) >= 11 is 6.03. The standard InChI is InChI=1S/C32H27ClN2O4S/c1-23-9-19-29(20-10-23)40(37,38)35(21-24-11-13-26(33)14-12-24)27-15-17-28(18-16-27)39-22-32(36)34-31-8-4-6-25-5-2-3-7-30(25)31/h2-20H,21-22H2,1H3,(H,34,36). The Hall–Kier alpha value is -4.33. The smallest absolute Gasteiger partial charge is 0.264 e. The van der Waals surface area contributed by atoms with Gasteiger partial charge in [0.15, 0.2) is 6.61 Å². The van der Waals surface area contributed by atoms with Gasteiger partial charge >= 0.3 is 0 Å². The van der Waals surface area contributed by atoms with Gasteiger partial charge in [0.1, 0.15) is 5.75 Å². The van der Waals surface area contributed by atoms with E-state index in [1.165, 1.54) is 4.31 Å². The molecular weight excluding hydrogens is 544 g/mol. The minimum absolute atomic E-state index is 0.112. The third kappa shape index (κ3) is 6.28. The minimum Gasteiger partial charge on any atom is -0.484 e. The summed E-state index contributed by atoms with van der Waals surface area (Å²) in [6.07, 6.45) is 0. The number of rotatable bonds is 9. The third-order valence-corrected chi connectivity index (χ3v) is 8.45. The van der Waals surface area contributed by atoms with Crippen molar-refractivity contribution in [2.24, 2.45) is 0 Å². The van der Waals surface area contributed by atoms with E-state index in [1.54, 1.807) is 72.8 Å². The topological polar surface area (TPSA) is 75.7 Å². The Bertz CT molecular complexity index is 1730. The molecule has 0 unspecified atom stereocenters. The van der Waals surface area contributed by atoms with Crippen LogP contribution in [0.3, 0.4) is 0 Å². The largest absolute Gasteiger partial charge is 0.484 e. The highest BCUT2D eigenvalue weighted by molar-refractivity contribution is 7.92. The van der Waals surface area contributed by atoms with E-state index in [-0.39, 0.29) is 24.0 Å². The quantitative estimate of drug-likeness (QED) is 0.203. The zero-order chi connectivity index (χ0) is 28.1. The van der Waals surface area contributed by atoms with Gasteiger partial charge in [0, 0.05) is 16.1 Å². The van der Waals surface area contributed by atoms with E-state index in [0.29, 0.717) is 22.1 Å². The fourth-order valence-corrected chi connectivity index (χ4v) is 5.87. The minimum atomic E-state index is -3.87. The lowest BCUT2D eigenvalue weighted by atomic mass is 10.1. The van der Waals surface area contributed by atoms with Crippen LogP contribution in [0.1, 0.15) is 11.1 Å². The van der Waals surface area contributed by atoms with Gasteiger partial charge in [0.05, 0.1) is 17.1 Å². The van der Waals surface area contributed by atoms with Crippen LogP contribution in [0, 0.1) is 6.92 Å². The Balaban J connectivity index is 1.32. The predicted molar refractivity (Wildman–Crippen MR) is 161 cm³/mol. The van der Waals surface area contributed by atoms with Crippen molar-refractivity contribution in [2.75, 3.05) is 16.2 Å². The molecule has 0 heterocycles. The second-order valence-corrected chi connectivity index (χ2v) is 11.6. The highest BCUT2D eigenvalue weighted by Gasteiger charge is 2.25. The Morgan fingerprint density at radius 1 is 0.825 bits per heavy atom. The number of carbonyl (C=O) groups excluding carboxylic acids is 1.